The normalized spacial score (nSPS) is 19.9. The zero-order valence-corrected chi connectivity index (χ0v) is 19.1. The minimum atomic E-state index is -3.70. The van der Waals surface area contributed by atoms with Crippen LogP contribution in [0.15, 0.2) is 40.9 Å². The predicted octanol–water partition coefficient (Wildman–Crippen LogP) is 2.63. The van der Waals surface area contributed by atoms with Crippen molar-refractivity contribution < 1.29 is 22.7 Å². The summed E-state index contributed by atoms with van der Waals surface area (Å²) in [7, 11) is -2.44. The lowest BCUT2D eigenvalue weighted by Gasteiger charge is -2.41. The third-order valence-corrected chi connectivity index (χ3v) is 8.95. The number of hydrogen-bond acceptors (Lipinski definition) is 8. The Kier molecular flexibility index (Phi) is 6.90. The van der Waals surface area contributed by atoms with E-state index < -0.39 is 16.0 Å². The molecule has 0 spiro atoms. The molecular formula is C21H27N3O5S2. The van der Waals surface area contributed by atoms with E-state index in [1.54, 1.807) is 17.8 Å². The van der Waals surface area contributed by atoms with Gasteiger partial charge < -0.3 is 14.4 Å². The molecule has 2 saturated heterocycles. The van der Waals surface area contributed by atoms with Crippen LogP contribution in [0.25, 0.3) is 0 Å². The SMILES string of the molecule is COC(=O)c1sccc1S(=O)(=O)N1CCC(N2CCC(Oc3ccncc3)CC2)CC1. The number of esters is 1. The first-order valence-electron chi connectivity index (χ1n) is 10.5. The Balaban J connectivity index is 1.30. The van der Waals surface area contributed by atoms with Crippen LogP contribution in [0.1, 0.15) is 35.4 Å². The topological polar surface area (TPSA) is 89.0 Å². The van der Waals surface area contributed by atoms with E-state index in [1.165, 1.54) is 17.5 Å². The number of likely N-dealkylation sites (tertiary alicyclic amines) is 1. The van der Waals surface area contributed by atoms with Gasteiger partial charge in [-0.1, -0.05) is 0 Å². The minimum absolute atomic E-state index is 0.0527. The first-order chi connectivity index (χ1) is 15.0. The van der Waals surface area contributed by atoms with E-state index in [-0.39, 0.29) is 15.9 Å². The van der Waals surface area contributed by atoms with E-state index in [0.717, 1.165) is 55.9 Å². The van der Waals surface area contributed by atoms with Gasteiger partial charge in [0.05, 0.1) is 7.11 Å². The number of methoxy groups -OCH3 is 1. The summed E-state index contributed by atoms with van der Waals surface area (Å²) in [5.74, 6) is 0.243. The lowest BCUT2D eigenvalue weighted by Crippen LogP contribution is -2.50. The second kappa shape index (κ2) is 9.64. The fourth-order valence-electron chi connectivity index (χ4n) is 4.30. The highest BCUT2D eigenvalue weighted by Crippen LogP contribution is 2.30. The molecule has 4 heterocycles. The quantitative estimate of drug-likeness (QED) is 0.606. The maximum Gasteiger partial charge on any atom is 0.349 e. The molecule has 2 aliphatic rings. The Bertz CT molecular complexity index is 979. The largest absolute Gasteiger partial charge is 0.490 e. The van der Waals surface area contributed by atoms with Gasteiger partial charge in [-0.15, -0.1) is 11.3 Å². The molecule has 2 aromatic rings. The van der Waals surface area contributed by atoms with Gasteiger partial charge in [-0.2, -0.15) is 4.31 Å². The van der Waals surface area contributed by atoms with Crippen molar-refractivity contribution in [3.05, 3.63) is 40.8 Å². The molecule has 168 valence electrons. The van der Waals surface area contributed by atoms with Crippen molar-refractivity contribution in [1.29, 1.82) is 0 Å². The first-order valence-corrected chi connectivity index (χ1v) is 12.8. The molecule has 0 unspecified atom stereocenters. The fourth-order valence-corrected chi connectivity index (χ4v) is 7.07. The summed E-state index contributed by atoms with van der Waals surface area (Å²) in [5.41, 5.74) is 0. The maximum atomic E-state index is 13.1. The lowest BCUT2D eigenvalue weighted by molar-refractivity contribution is 0.0580. The molecule has 0 radical (unpaired) electrons. The number of carbonyl (C=O) groups excluding carboxylic acids is 1. The predicted molar refractivity (Wildman–Crippen MR) is 117 cm³/mol. The first kappa shape index (κ1) is 22.2. The van der Waals surface area contributed by atoms with Gasteiger partial charge in [0.15, 0.2) is 0 Å². The van der Waals surface area contributed by atoms with Crippen LogP contribution >= 0.6 is 11.3 Å². The van der Waals surface area contributed by atoms with Gasteiger partial charge in [0, 0.05) is 44.6 Å². The zero-order valence-electron chi connectivity index (χ0n) is 17.5. The molecule has 0 aliphatic carbocycles. The second-order valence-electron chi connectivity index (χ2n) is 7.78. The molecule has 2 aromatic heterocycles. The molecule has 4 rings (SSSR count). The van der Waals surface area contributed by atoms with Crippen molar-refractivity contribution in [2.75, 3.05) is 33.3 Å². The monoisotopic (exact) mass is 465 g/mol. The summed E-state index contributed by atoms with van der Waals surface area (Å²) < 4.78 is 38.4. The van der Waals surface area contributed by atoms with Crippen molar-refractivity contribution in [3.8, 4) is 5.75 Å². The van der Waals surface area contributed by atoms with Gasteiger partial charge in [-0.25, -0.2) is 13.2 Å². The molecule has 2 fully saturated rings. The number of rotatable bonds is 6. The van der Waals surface area contributed by atoms with Gasteiger partial charge in [0.2, 0.25) is 10.0 Å². The molecule has 2 aliphatic heterocycles. The summed E-state index contributed by atoms with van der Waals surface area (Å²) >= 11 is 1.09. The van der Waals surface area contributed by atoms with E-state index in [9.17, 15) is 13.2 Å². The van der Waals surface area contributed by atoms with Crippen molar-refractivity contribution >= 4 is 27.3 Å². The molecule has 0 N–H and O–H groups in total. The summed E-state index contributed by atoms with van der Waals surface area (Å²) in [4.78, 5) is 18.6. The molecule has 0 amide bonds. The van der Waals surface area contributed by atoms with Crippen molar-refractivity contribution in [2.45, 2.75) is 42.7 Å². The minimum Gasteiger partial charge on any atom is -0.490 e. The van der Waals surface area contributed by atoms with Gasteiger partial charge >= 0.3 is 5.97 Å². The van der Waals surface area contributed by atoms with Crippen LogP contribution < -0.4 is 4.74 Å². The number of nitrogens with zero attached hydrogens (tertiary/aromatic N) is 3. The number of thiophene rings is 1. The van der Waals surface area contributed by atoms with Crippen LogP contribution in [0, 0.1) is 0 Å². The molecule has 0 saturated carbocycles. The van der Waals surface area contributed by atoms with E-state index in [2.05, 4.69) is 9.88 Å². The van der Waals surface area contributed by atoms with Gasteiger partial charge in [0.25, 0.3) is 0 Å². The smallest absolute Gasteiger partial charge is 0.349 e. The Morgan fingerprint density at radius 3 is 2.39 bits per heavy atom. The van der Waals surface area contributed by atoms with Crippen LogP contribution in [0.3, 0.4) is 0 Å². The Morgan fingerprint density at radius 1 is 1.06 bits per heavy atom. The van der Waals surface area contributed by atoms with Crippen LogP contribution in [-0.4, -0.2) is 74.0 Å². The molecule has 0 aromatic carbocycles. The zero-order chi connectivity index (χ0) is 21.8. The molecule has 31 heavy (non-hydrogen) atoms. The van der Waals surface area contributed by atoms with Crippen molar-refractivity contribution in [3.63, 3.8) is 0 Å². The number of hydrogen-bond donors (Lipinski definition) is 0. The molecular weight excluding hydrogens is 438 g/mol. The van der Waals surface area contributed by atoms with Gasteiger partial charge in [-0.05, 0) is 49.3 Å². The third kappa shape index (κ3) is 4.92. The fraction of sp³-hybridized carbons (Fsp3) is 0.524. The summed E-state index contributed by atoms with van der Waals surface area (Å²) in [6.45, 7) is 2.81. The Hall–Kier alpha value is -2.01. The Labute approximate surface area is 186 Å². The van der Waals surface area contributed by atoms with E-state index >= 15 is 0 Å². The third-order valence-electron chi connectivity index (χ3n) is 5.99. The number of pyridine rings is 1. The summed E-state index contributed by atoms with van der Waals surface area (Å²) in [6.07, 6.45) is 7.15. The van der Waals surface area contributed by atoms with Crippen molar-refractivity contribution in [2.24, 2.45) is 0 Å². The second-order valence-corrected chi connectivity index (χ2v) is 10.6. The standard InChI is InChI=1S/C21H27N3O5S2/c1-28-21(25)20-19(8-15-30-20)31(26,27)24-13-4-16(5-14-24)23-11-6-18(7-12-23)29-17-2-9-22-10-3-17/h2-3,8-10,15-16,18H,4-7,11-14H2,1H3. The van der Waals surface area contributed by atoms with Crippen LogP contribution in [0.2, 0.25) is 0 Å². The summed E-state index contributed by atoms with van der Waals surface area (Å²) in [6, 6.07) is 5.62. The number of piperidine rings is 2. The van der Waals surface area contributed by atoms with Crippen LogP contribution in [-0.2, 0) is 14.8 Å². The van der Waals surface area contributed by atoms with Crippen LogP contribution in [0.4, 0.5) is 0 Å². The van der Waals surface area contributed by atoms with E-state index in [0.29, 0.717) is 19.1 Å². The van der Waals surface area contributed by atoms with Crippen molar-refractivity contribution in [1.82, 2.24) is 14.2 Å². The summed E-state index contributed by atoms with van der Waals surface area (Å²) in [5, 5.41) is 1.62. The molecule has 0 atom stereocenters. The number of sulfonamides is 1. The van der Waals surface area contributed by atoms with Gasteiger partial charge in [-0.3, -0.25) is 4.98 Å². The molecule has 8 nitrogen and oxygen atoms in total. The average Bonchev–Trinajstić information content (AvgIpc) is 3.31. The number of carbonyl (C=O) groups is 1. The molecule has 0 bridgehead atoms. The highest BCUT2D eigenvalue weighted by Gasteiger charge is 2.35. The number of aromatic nitrogens is 1. The highest BCUT2D eigenvalue weighted by atomic mass is 32.2. The molecule has 10 heteroatoms. The maximum absolute atomic E-state index is 13.1. The number of ether oxygens (including phenoxy) is 2. The highest BCUT2D eigenvalue weighted by molar-refractivity contribution is 7.89. The Morgan fingerprint density at radius 2 is 1.74 bits per heavy atom. The lowest BCUT2D eigenvalue weighted by atomic mass is 10.00. The van der Waals surface area contributed by atoms with Crippen LogP contribution in [0.5, 0.6) is 5.75 Å². The van der Waals surface area contributed by atoms with E-state index in [4.69, 9.17) is 9.47 Å². The van der Waals surface area contributed by atoms with E-state index in [1.807, 2.05) is 12.1 Å². The van der Waals surface area contributed by atoms with Gasteiger partial charge in [0.1, 0.15) is 21.6 Å². The average molecular weight is 466 g/mol.